The van der Waals surface area contributed by atoms with Crippen LogP contribution < -0.4 is 9.46 Å². The van der Waals surface area contributed by atoms with E-state index in [9.17, 15) is 21.6 Å². The highest BCUT2D eigenvalue weighted by molar-refractivity contribution is 7.89. The summed E-state index contributed by atoms with van der Waals surface area (Å²) in [4.78, 5) is -0.287. The fourth-order valence-corrected chi connectivity index (χ4v) is 5.29. The average molecular weight is 466 g/mol. The van der Waals surface area contributed by atoms with Gasteiger partial charge in [-0.15, -0.1) is 23.4 Å². The highest BCUT2D eigenvalue weighted by Gasteiger charge is 2.33. The first-order valence-corrected chi connectivity index (χ1v) is 11.5. The second-order valence-electron chi connectivity index (χ2n) is 7.65. The molecule has 170 valence electrons. The molecule has 0 aliphatic heterocycles. The van der Waals surface area contributed by atoms with Crippen LogP contribution in [0.25, 0.3) is 11.1 Å². The number of alkyl halides is 3. The van der Waals surface area contributed by atoms with E-state index in [0.717, 1.165) is 18.9 Å². The molecular weight excluding hydrogens is 445 g/mol. The largest absolute Gasteiger partial charge is 0.573 e. The van der Waals surface area contributed by atoms with E-state index in [1.165, 1.54) is 12.1 Å². The van der Waals surface area contributed by atoms with Gasteiger partial charge in [-0.1, -0.05) is 30.3 Å². The summed E-state index contributed by atoms with van der Waals surface area (Å²) in [5, 5.41) is 7.58. The molecule has 0 spiro atoms. The minimum Gasteiger partial charge on any atom is -0.406 e. The maximum atomic E-state index is 13.1. The molecule has 0 bridgehead atoms. The van der Waals surface area contributed by atoms with Gasteiger partial charge in [0.25, 0.3) is 0 Å². The third-order valence-electron chi connectivity index (χ3n) is 5.36. The van der Waals surface area contributed by atoms with E-state index in [1.54, 1.807) is 43.0 Å². The van der Waals surface area contributed by atoms with Gasteiger partial charge in [0, 0.05) is 18.2 Å². The van der Waals surface area contributed by atoms with Gasteiger partial charge in [-0.3, -0.25) is 0 Å². The Bertz CT molecular complexity index is 1150. The number of ether oxygens (including phenoxy) is 1. The highest BCUT2D eigenvalue weighted by Crippen LogP contribution is 2.33. The monoisotopic (exact) mass is 466 g/mol. The Kier molecular flexibility index (Phi) is 6.20. The molecule has 1 N–H and O–H groups in total. The van der Waals surface area contributed by atoms with Gasteiger partial charge < -0.3 is 9.30 Å². The van der Waals surface area contributed by atoms with Crippen LogP contribution in [-0.4, -0.2) is 35.6 Å². The van der Waals surface area contributed by atoms with Crippen molar-refractivity contribution in [3.63, 3.8) is 0 Å². The van der Waals surface area contributed by atoms with Gasteiger partial charge in [0.1, 0.15) is 18.4 Å². The van der Waals surface area contributed by atoms with Crippen LogP contribution in [0.4, 0.5) is 13.2 Å². The topological polar surface area (TPSA) is 86.1 Å². The van der Waals surface area contributed by atoms with Gasteiger partial charge in [0.15, 0.2) is 0 Å². The number of benzene rings is 2. The first-order valence-electron chi connectivity index (χ1n) is 10.0. The van der Waals surface area contributed by atoms with Gasteiger partial charge in [0.2, 0.25) is 10.0 Å². The number of hydrogen-bond acceptors (Lipinski definition) is 5. The summed E-state index contributed by atoms with van der Waals surface area (Å²) in [6, 6.07) is 11.6. The molecule has 1 aromatic heterocycles. The normalized spacial score (nSPS) is 19.6. The van der Waals surface area contributed by atoms with Crippen molar-refractivity contribution in [1.82, 2.24) is 19.5 Å². The van der Waals surface area contributed by atoms with Crippen LogP contribution in [0.3, 0.4) is 0 Å². The van der Waals surface area contributed by atoms with Crippen LogP contribution in [0, 0.1) is 0 Å². The third kappa shape index (κ3) is 5.46. The predicted octanol–water partition coefficient (Wildman–Crippen LogP) is 4.31. The Balaban J connectivity index is 1.62. The summed E-state index contributed by atoms with van der Waals surface area (Å²) in [6.45, 7) is 0. The van der Waals surface area contributed by atoms with Crippen LogP contribution in [0.1, 0.15) is 31.7 Å². The lowest BCUT2D eigenvalue weighted by Gasteiger charge is -2.30. The molecule has 11 heteroatoms. The zero-order valence-corrected chi connectivity index (χ0v) is 17.7. The lowest BCUT2D eigenvalue weighted by molar-refractivity contribution is -0.274. The van der Waals surface area contributed by atoms with Crippen molar-refractivity contribution in [2.45, 2.75) is 49.0 Å². The number of hydrogen-bond donors (Lipinski definition) is 1. The third-order valence-corrected chi connectivity index (χ3v) is 6.86. The minimum absolute atomic E-state index is 0.0474. The summed E-state index contributed by atoms with van der Waals surface area (Å²) in [6.07, 6.45) is 1.05. The first kappa shape index (κ1) is 22.3. The van der Waals surface area contributed by atoms with Crippen LogP contribution in [0.2, 0.25) is 0 Å². The van der Waals surface area contributed by atoms with Crippen LogP contribution in [0.5, 0.6) is 5.75 Å². The Morgan fingerprint density at radius 3 is 2.41 bits per heavy atom. The maximum Gasteiger partial charge on any atom is 0.573 e. The van der Waals surface area contributed by atoms with Crippen molar-refractivity contribution in [1.29, 1.82) is 0 Å². The summed E-state index contributed by atoms with van der Waals surface area (Å²) >= 11 is 0. The molecule has 32 heavy (non-hydrogen) atoms. The van der Waals surface area contributed by atoms with Gasteiger partial charge in [-0.25, -0.2) is 13.1 Å². The zero-order valence-electron chi connectivity index (χ0n) is 16.9. The number of halogens is 3. The van der Waals surface area contributed by atoms with Gasteiger partial charge >= 0.3 is 6.36 Å². The van der Waals surface area contributed by atoms with Crippen molar-refractivity contribution >= 4 is 10.0 Å². The quantitative estimate of drug-likeness (QED) is 0.585. The van der Waals surface area contributed by atoms with E-state index in [4.69, 9.17) is 0 Å². The van der Waals surface area contributed by atoms with E-state index < -0.39 is 22.1 Å². The van der Waals surface area contributed by atoms with Crippen molar-refractivity contribution < 1.29 is 26.3 Å². The molecule has 1 aliphatic carbocycles. The van der Waals surface area contributed by atoms with Crippen molar-refractivity contribution in [3.05, 3.63) is 61.2 Å². The standard InChI is InChI=1S/C21H21F3N4O3S/c22-21(23,24)31-19-9-16(15-5-2-1-3-6-15)10-20(12-19)32(29,30)27-17-7-4-8-18(11-17)28-13-25-26-14-28/h1-3,5-6,9-10,12-14,17-18,27H,4,7-8,11H2/t17-,18+/m0/s1. The molecule has 7 nitrogen and oxygen atoms in total. The highest BCUT2D eigenvalue weighted by atomic mass is 32.2. The number of aromatic nitrogens is 3. The Morgan fingerprint density at radius 1 is 1.00 bits per heavy atom. The lowest BCUT2D eigenvalue weighted by atomic mass is 9.91. The van der Waals surface area contributed by atoms with Gasteiger partial charge in [-0.05, 0) is 48.9 Å². The molecule has 1 heterocycles. The molecule has 0 unspecified atom stereocenters. The minimum atomic E-state index is -4.95. The molecule has 1 aliphatic rings. The zero-order chi connectivity index (χ0) is 22.8. The Hall–Kier alpha value is -2.92. The summed E-state index contributed by atoms with van der Waals surface area (Å²) in [5.74, 6) is -0.592. The second-order valence-corrected chi connectivity index (χ2v) is 9.37. The molecular formula is C21H21F3N4O3S. The van der Waals surface area contributed by atoms with Crippen LogP contribution in [-0.2, 0) is 10.0 Å². The molecule has 0 radical (unpaired) electrons. The molecule has 4 rings (SSSR count). The molecule has 0 saturated heterocycles. The first-order chi connectivity index (χ1) is 15.2. The SMILES string of the molecule is O=S(=O)(N[C@H]1CCC[C@@H](n2cnnc2)C1)c1cc(OC(F)(F)F)cc(-c2ccccc2)c1. The van der Waals surface area contributed by atoms with Crippen LogP contribution in [0.15, 0.2) is 66.1 Å². The maximum absolute atomic E-state index is 13.1. The van der Waals surface area contributed by atoms with Crippen LogP contribution >= 0.6 is 0 Å². The predicted molar refractivity (Wildman–Crippen MR) is 110 cm³/mol. The number of nitrogens with zero attached hydrogens (tertiary/aromatic N) is 3. The molecule has 1 saturated carbocycles. The van der Waals surface area contributed by atoms with Gasteiger partial charge in [-0.2, -0.15) is 0 Å². The van der Waals surface area contributed by atoms with Crippen molar-refractivity contribution in [2.24, 2.45) is 0 Å². The number of sulfonamides is 1. The smallest absolute Gasteiger partial charge is 0.406 e. The van der Waals surface area contributed by atoms with Gasteiger partial charge in [0.05, 0.1) is 4.90 Å². The molecule has 2 atom stereocenters. The molecule has 2 aromatic carbocycles. The molecule has 0 amide bonds. The number of rotatable bonds is 6. The summed E-state index contributed by atoms with van der Waals surface area (Å²) < 4.78 is 73.3. The van der Waals surface area contributed by atoms with E-state index in [2.05, 4.69) is 19.7 Å². The van der Waals surface area contributed by atoms with E-state index >= 15 is 0 Å². The van der Waals surface area contributed by atoms with E-state index in [0.29, 0.717) is 24.0 Å². The molecule has 3 aromatic rings. The molecule has 1 fully saturated rings. The van der Waals surface area contributed by atoms with Crippen molar-refractivity contribution in [2.75, 3.05) is 0 Å². The van der Waals surface area contributed by atoms with Crippen molar-refractivity contribution in [3.8, 4) is 16.9 Å². The lowest BCUT2D eigenvalue weighted by Crippen LogP contribution is -2.38. The second kappa shape index (κ2) is 8.91. The summed E-state index contributed by atoms with van der Waals surface area (Å²) in [5.41, 5.74) is 0.876. The average Bonchev–Trinajstić information content (AvgIpc) is 3.28. The Labute approximate surface area is 183 Å². The fourth-order valence-electron chi connectivity index (χ4n) is 3.94. The van der Waals surface area contributed by atoms with E-state index in [1.807, 2.05) is 4.57 Å². The summed E-state index contributed by atoms with van der Waals surface area (Å²) in [7, 11) is -4.10. The number of nitrogens with one attached hydrogen (secondary N) is 1. The van der Waals surface area contributed by atoms with E-state index in [-0.39, 0.29) is 17.0 Å². The fraction of sp³-hybridized carbons (Fsp3) is 0.333. The Morgan fingerprint density at radius 2 is 1.72 bits per heavy atom.